The Kier molecular flexibility index (Phi) is 7.98. The number of nitrogens with one attached hydrogen (secondary N) is 1. The van der Waals surface area contributed by atoms with Gasteiger partial charge in [-0.05, 0) is 17.1 Å². The Morgan fingerprint density at radius 2 is 2.00 bits per heavy atom. The number of ether oxygens (including phenoxy) is 1. The SMILES string of the molecule is CCCC(NC(=O)OCc1ccccc1)C(=NC)ON=C(N)N. The molecule has 1 aromatic carbocycles. The van der Waals surface area contributed by atoms with Crippen LogP contribution in [-0.4, -0.2) is 31.0 Å². The second kappa shape index (κ2) is 10.0. The normalized spacial score (nSPS) is 12.2. The Bertz CT molecular complexity index is 541. The molecule has 0 aliphatic rings. The van der Waals surface area contributed by atoms with Gasteiger partial charge in [0.1, 0.15) is 12.6 Å². The Balaban J connectivity index is 2.59. The lowest BCUT2D eigenvalue weighted by Crippen LogP contribution is -2.42. The van der Waals surface area contributed by atoms with Gasteiger partial charge in [-0.2, -0.15) is 0 Å². The topological polar surface area (TPSA) is 124 Å². The largest absolute Gasteiger partial charge is 0.445 e. The van der Waals surface area contributed by atoms with Crippen molar-refractivity contribution in [1.29, 1.82) is 0 Å². The summed E-state index contributed by atoms with van der Waals surface area (Å²) in [5.41, 5.74) is 11.3. The molecular formula is C15H23N5O3. The lowest BCUT2D eigenvalue weighted by atomic mass is 10.1. The van der Waals surface area contributed by atoms with Gasteiger partial charge in [0.25, 0.3) is 0 Å². The van der Waals surface area contributed by atoms with Crippen LogP contribution in [0, 0.1) is 0 Å². The number of nitrogens with two attached hydrogens (primary N) is 2. The molecule has 1 atom stereocenters. The van der Waals surface area contributed by atoms with E-state index in [2.05, 4.69) is 15.5 Å². The number of carbonyl (C=O) groups is 1. The van der Waals surface area contributed by atoms with E-state index in [1.54, 1.807) is 0 Å². The number of oxime groups is 1. The molecule has 8 nitrogen and oxygen atoms in total. The van der Waals surface area contributed by atoms with Gasteiger partial charge in [0.05, 0.1) is 0 Å². The van der Waals surface area contributed by atoms with Crippen molar-refractivity contribution in [3.63, 3.8) is 0 Å². The highest BCUT2D eigenvalue weighted by Crippen LogP contribution is 2.05. The molecule has 0 heterocycles. The first-order chi connectivity index (χ1) is 11.1. The van der Waals surface area contributed by atoms with Crippen molar-refractivity contribution >= 4 is 18.0 Å². The molecule has 0 radical (unpaired) electrons. The van der Waals surface area contributed by atoms with Gasteiger partial charge in [-0.15, -0.1) is 0 Å². The van der Waals surface area contributed by atoms with Crippen molar-refractivity contribution in [2.24, 2.45) is 21.6 Å². The van der Waals surface area contributed by atoms with Gasteiger partial charge in [0.15, 0.2) is 0 Å². The lowest BCUT2D eigenvalue weighted by Gasteiger charge is -2.17. The summed E-state index contributed by atoms with van der Waals surface area (Å²) in [6.45, 7) is 2.15. The van der Waals surface area contributed by atoms with E-state index < -0.39 is 12.1 Å². The first kappa shape index (κ1) is 18.3. The second-order valence-corrected chi connectivity index (χ2v) is 4.72. The molecule has 0 aromatic heterocycles. The van der Waals surface area contributed by atoms with Crippen LogP contribution in [-0.2, 0) is 16.2 Å². The molecule has 0 saturated carbocycles. The molecule has 0 aliphatic heterocycles. The molecular weight excluding hydrogens is 298 g/mol. The predicted octanol–water partition coefficient (Wildman–Crippen LogP) is 1.31. The van der Waals surface area contributed by atoms with Crippen LogP contribution in [0.2, 0.25) is 0 Å². The number of hydrogen-bond donors (Lipinski definition) is 3. The molecule has 0 aliphatic carbocycles. The van der Waals surface area contributed by atoms with Crippen LogP contribution in [0.25, 0.3) is 0 Å². The van der Waals surface area contributed by atoms with Crippen LogP contribution >= 0.6 is 0 Å². The monoisotopic (exact) mass is 321 g/mol. The summed E-state index contributed by atoms with van der Waals surface area (Å²) in [5.74, 6) is -0.0232. The van der Waals surface area contributed by atoms with Crippen molar-refractivity contribution in [2.75, 3.05) is 7.05 Å². The maximum Gasteiger partial charge on any atom is 0.408 e. The number of aliphatic imine (C=N–C) groups is 1. The van der Waals surface area contributed by atoms with E-state index in [0.717, 1.165) is 12.0 Å². The number of alkyl carbamates (subject to hydrolysis) is 1. The minimum atomic E-state index is -0.568. The van der Waals surface area contributed by atoms with Crippen LogP contribution in [0.4, 0.5) is 4.79 Å². The number of benzene rings is 1. The zero-order chi connectivity index (χ0) is 17.1. The Labute approximate surface area is 135 Å². The third kappa shape index (κ3) is 7.16. The van der Waals surface area contributed by atoms with Crippen molar-refractivity contribution < 1.29 is 14.4 Å². The Hall–Kier alpha value is -2.77. The highest BCUT2D eigenvalue weighted by atomic mass is 16.6. The first-order valence-corrected chi connectivity index (χ1v) is 7.26. The highest BCUT2D eigenvalue weighted by Gasteiger charge is 2.20. The van der Waals surface area contributed by atoms with Crippen LogP contribution in [0.5, 0.6) is 0 Å². The smallest absolute Gasteiger partial charge is 0.408 e. The summed E-state index contributed by atoms with van der Waals surface area (Å²) in [5, 5.41) is 6.14. The molecule has 1 aromatic rings. The number of amides is 1. The van der Waals surface area contributed by atoms with Gasteiger partial charge in [-0.1, -0.05) is 43.7 Å². The third-order valence-corrected chi connectivity index (χ3v) is 2.85. The summed E-state index contributed by atoms with van der Waals surface area (Å²) in [7, 11) is 1.53. The van der Waals surface area contributed by atoms with Crippen molar-refractivity contribution in [3.05, 3.63) is 35.9 Å². The van der Waals surface area contributed by atoms with Gasteiger partial charge in [-0.3, -0.25) is 4.99 Å². The van der Waals surface area contributed by atoms with Gasteiger partial charge >= 0.3 is 6.09 Å². The summed E-state index contributed by atoms with van der Waals surface area (Å²) in [4.78, 5) is 20.9. The van der Waals surface area contributed by atoms with Gasteiger partial charge in [0, 0.05) is 7.05 Å². The van der Waals surface area contributed by atoms with Gasteiger partial charge < -0.3 is 26.4 Å². The molecule has 23 heavy (non-hydrogen) atoms. The number of nitrogens with zero attached hydrogens (tertiary/aromatic N) is 2. The molecule has 5 N–H and O–H groups in total. The summed E-state index contributed by atoms with van der Waals surface area (Å²) < 4.78 is 5.18. The maximum absolute atomic E-state index is 11.9. The maximum atomic E-state index is 11.9. The second-order valence-electron chi connectivity index (χ2n) is 4.72. The third-order valence-electron chi connectivity index (χ3n) is 2.85. The van der Waals surface area contributed by atoms with Crippen molar-refractivity contribution in [2.45, 2.75) is 32.4 Å². The van der Waals surface area contributed by atoms with Crippen LogP contribution in [0.3, 0.4) is 0 Å². The first-order valence-electron chi connectivity index (χ1n) is 7.26. The van der Waals surface area contributed by atoms with Crippen molar-refractivity contribution in [1.82, 2.24) is 5.32 Å². The van der Waals surface area contributed by atoms with E-state index in [0.29, 0.717) is 6.42 Å². The predicted molar refractivity (Wildman–Crippen MR) is 88.7 cm³/mol. The average molecular weight is 321 g/mol. The van der Waals surface area contributed by atoms with Crippen LogP contribution < -0.4 is 16.8 Å². The molecule has 0 fully saturated rings. The standard InChI is InChI=1S/C15H23N5O3/c1-3-7-12(13(18-2)23-20-14(16)17)19-15(21)22-10-11-8-5-4-6-9-11/h4-6,8-9,12H,3,7,10H2,1-2H3,(H,19,21)(H4,16,17,20). The number of hydrogen-bond acceptors (Lipinski definition) is 5. The van der Waals surface area contributed by atoms with E-state index in [9.17, 15) is 4.79 Å². The highest BCUT2D eigenvalue weighted by molar-refractivity contribution is 5.86. The Morgan fingerprint density at radius 3 is 2.57 bits per heavy atom. The zero-order valence-electron chi connectivity index (χ0n) is 13.4. The minimum Gasteiger partial charge on any atom is -0.445 e. The van der Waals surface area contributed by atoms with E-state index in [1.807, 2.05) is 37.3 Å². The van der Waals surface area contributed by atoms with E-state index in [-0.39, 0.29) is 18.5 Å². The van der Waals surface area contributed by atoms with Crippen LogP contribution in [0.1, 0.15) is 25.3 Å². The summed E-state index contributed by atoms with van der Waals surface area (Å²) in [6.07, 6.45) is 0.836. The molecule has 1 amide bonds. The van der Waals surface area contributed by atoms with E-state index in [1.165, 1.54) is 7.05 Å². The molecule has 0 bridgehead atoms. The fourth-order valence-electron chi connectivity index (χ4n) is 1.81. The number of rotatable bonds is 7. The molecule has 126 valence electrons. The molecule has 0 saturated heterocycles. The van der Waals surface area contributed by atoms with Crippen LogP contribution in [0.15, 0.2) is 40.5 Å². The number of carbonyl (C=O) groups excluding carboxylic acids is 1. The number of guanidine groups is 1. The molecule has 1 unspecified atom stereocenters. The minimum absolute atomic E-state index is 0.179. The van der Waals surface area contributed by atoms with Crippen molar-refractivity contribution in [3.8, 4) is 0 Å². The molecule has 8 heteroatoms. The Morgan fingerprint density at radius 1 is 1.30 bits per heavy atom. The fraction of sp³-hybridized carbons (Fsp3) is 0.400. The van der Waals surface area contributed by atoms with Gasteiger partial charge in [-0.25, -0.2) is 4.79 Å². The summed E-state index contributed by atoms with van der Waals surface area (Å²) in [6, 6.07) is 8.92. The fourth-order valence-corrected chi connectivity index (χ4v) is 1.81. The molecule has 0 spiro atoms. The summed E-state index contributed by atoms with van der Waals surface area (Å²) >= 11 is 0. The quantitative estimate of drug-likeness (QED) is 0.397. The molecule has 1 rings (SSSR count). The van der Waals surface area contributed by atoms with E-state index in [4.69, 9.17) is 21.0 Å². The zero-order valence-corrected chi connectivity index (χ0v) is 13.4. The van der Waals surface area contributed by atoms with Gasteiger partial charge in [0.2, 0.25) is 11.9 Å². The lowest BCUT2D eigenvalue weighted by molar-refractivity contribution is 0.136. The van der Waals surface area contributed by atoms with E-state index >= 15 is 0 Å². The average Bonchev–Trinajstić information content (AvgIpc) is 2.54.